The molecule has 0 saturated carbocycles. The Balaban J connectivity index is 4.75. The first-order valence-electron chi connectivity index (χ1n) is 6.81. The van der Waals surface area contributed by atoms with E-state index in [4.69, 9.17) is 5.73 Å². The molecule has 0 fully saturated rings. The van der Waals surface area contributed by atoms with Crippen molar-refractivity contribution in [3.63, 3.8) is 0 Å². The van der Waals surface area contributed by atoms with Crippen molar-refractivity contribution in [2.24, 2.45) is 17.1 Å². The van der Waals surface area contributed by atoms with Crippen molar-refractivity contribution in [3.8, 4) is 0 Å². The van der Waals surface area contributed by atoms with E-state index in [9.17, 15) is 9.59 Å². The molecule has 0 rings (SSSR count). The van der Waals surface area contributed by atoms with Gasteiger partial charge in [-0.3, -0.25) is 9.59 Å². The van der Waals surface area contributed by atoms with E-state index >= 15 is 0 Å². The van der Waals surface area contributed by atoms with Crippen LogP contribution in [-0.2, 0) is 9.59 Å². The van der Waals surface area contributed by atoms with Crippen molar-refractivity contribution in [1.82, 2.24) is 9.80 Å². The quantitative estimate of drug-likeness (QED) is 0.781. The first-order valence-corrected chi connectivity index (χ1v) is 6.81. The summed E-state index contributed by atoms with van der Waals surface area (Å²) in [5.41, 5.74) is 5.77. The Bertz CT molecular complexity index is 308. The molecule has 5 nitrogen and oxygen atoms in total. The zero-order valence-electron chi connectivity index (χ0n) is 13.2. The monoisotopic (exact) mass is 271 g/mol. The lowest BCUT2D eigenvalue weighted by atomic mass is 9.84. The molecule has 0 saturated heterocycles. The van der Waals surface area contributed by atoms with Gasteiger partial charge in [-0.2, -0.15) is 0 Å². The topological polar surface area (TPSA) is 66.6 Å². The Hall–Kier alpha value is -1.10. The second-order valence-electron chi connectivity index (χ2n) is 6.34. The van der Waals surface area contributed by atoms with Crippen LogP contribution in [0.25, 0.3) is 0 Å². The van der Waals surface area contributed by atoms with Crippen LogP contribution in [0.5, 0.6) is 0 Å². The third-order valence-corrected chi connectivity index (χ3v) is 3.01. The van der Waals surface area contributed by atoms with E-state index in [2.05, 4.69) is 20.8 Å². The second-order valence-corrected chi connectivity index (χ2v) is 6.34. The van der Waals surface area contributed by atoms with E-state index in [0.29, 0.717) is 13.1 Å². The summed E-state index contributed by atoms with van der Waals surface area (Å²) < 4.78 is 0. The number of nitrogens with zero attached hydrogens (tertiary/aromatic N) is 2. The van der Waals surface area contributed by atoms with Gasteiger partial charge in [0.2, 0.25) is 11.8 Å². The van der Waals surface area contributed by atoms with E-state index in [0.717, 1.165) is 6.42 Å². The van der Waals surface area contributed by atoms with E-state index in [1.165, 1.54) is 4.90 Å². The maximum Gasteiger partial charge on any atom is 0.241 e. The summed E-state index contributed by atoms with van der Waals surface area (Å²) in [5, 5.41) is 0. The number of amides is 2. The molecule has 0 aromatic rings. The molecule has 0 aromatic carbocycles. The highest BCUT2D eigenvalue weighted by atomic mass is 16.2. The van der Waals surface area contributed by atoms with Crippen molar-refractivity contribution in [2.45, 2.75) is 34.1 Å². The Kier molecular flexibility index (Phi) is 7.05. The minimum Gasteiger partial charge on any atom is -0.347 e. The summed E-state index contributed by atoms with van der Waals surface area (Å²) >= 11 is 0. The van der Waals surface area contributed by atoms with E-state index in [1.807, 2.05) is 6.92 Å². The van der Waals surface area contributed by atoms with Gasteiger partial charge in [0, 0.05) is 27.2 Å². The number of carbonyl (C=O) groups excluding carboxylic acids is 2. The molecule has 0 bridgehead atoms. The van der Waals surface area contributed by atoms with Crippen LogP contribution in [0.15, 0.2) is 0 Å². The third-order valence-electron chi connectivity index (χ3n) is 3.01. The fraction of sp³-hybridized carbons (Fsp3) is 0.857. The van der Waals surface area contributed by atoms with Gasteiger partial charge in [-0.15, -0.1) is 0 Å². The van der Waals surface area contributed by atoms with Crippen LogP contribution >= 0.6 is 0 Å². The average Bonchev–Trinajstić information content (AvgIpc) is 2.30. The number of nitrogens with two attached hydrogens (primary N) is 1. The molecular weight excluding hydrogens is 242 g/mol. The molecule has 5 heteroatoms. The molecule has 112 valence electrons. The van der Waals surface area contributed by atoms with Crippen LogP contribution in [0.4, 0.5) is 0 Å². The van der Waals surface area contributed by atoms with Gasteiger partial charge in [-0.1, -0.05) is 20.8 Å². The van der Waals surface area contributed by atoms with Crippen molar-refractivity contribution in [1.29, 1.82) is 0 Å². The van der Waals surface area contributed by atoms with Crippen LogP contribution in [0.3, 0.4) is 0 Å². The predicted molar refractivity (Wildman–Crippen MR) is 77.6 cm³/mol. The van der Waals surface area contributed by atoms with Crippen molar-refractivity contribution in [3.05, 3.63) is 0 Å². The highest BCUT2D eigenvalue weighted by Gasteiger charge is 2.28. The molecule has 0 aromatic heterocycles. The Labute approximate surface area is 117 Å². The molecule has 0 aliphatic rings. The summed E-state index contributed by atoms with van der Waals surface area (Å²) in [6, 6.07) is 0. The standard InChI is InChI=1S/C14H29N3O2/c1-7-17(10-12(18)16(5)6)13(19)11(9-15)8-14(2,3)4/h11H,7-10,15H2,1-6H3. The first-order chi connectivity index (χ1) is 8.62. The molecule has 0 aliphatic heterocycles. The second kappa shape index (κ2) is 7.48. The molecule has 19 heavy (non-hydrogen) atoms. The molecule has 2 amide bonds. The summed E-state index contributed by atoms with van der Waals surface area (Å²) in [5.74, 6) is -0.299. The van der Waals surface area contributed by atoms with Crippen LogP contribution in [0.1, 0.15) is 34.1 Å². The largest absolute Gasteiger partial charge is 0.347 e. The van der Waals surface area contributed by atoms with Crippen molar-refractivity contribution in [2.75, 3.05) is 33.7 Å². The Morgan fingerprint density at radius 2 is 1.74 bits per heavy atom. The van der Waals surface area contributed by atoms with Crippen molar-refractivity contribution >= 4 is 11.8 Å². The van der Waals surface area contributed by atoms with E-state index < -0.39 is 0 Å². The van der Waals surface area contributed by atoms with Crippen LogP contribution < -0.4 is 5.73 Å². The maximum absolute atomic E-state index is 12.4. The minimum absolute atomic E-state index is 0.0184. The molecule has 0 radical (unpaired) electrons. The zero-order chi connectivity index (χ0) is 15.2. The van der Waals surface area contributed by atoms with Gasteiger partial charge in [0.1, 0.15) is 0 Å². The van der Waals surface area contributed by atoms with Gasteiger partial charge in [-0.25, -0.2) is 0 Å². The van der Waals surface area contributed by atoms with E-state index in [-0.39, 0.29) is 29.7 Å². The summed E-state index contributed by atoms with van der Waals surface area (Å²) in [6.45, 7) is 9.12. The summed E-state index contributed by atoms with van der Waals surface area (Å²) in [4.78, 5) is 27.2. The Morgan fingerprint density at radius 1 is 1.21 bits per heavy atom. The lowest BCUT2D eigenvalue weighted by Gasteiger charge is -2.30. The first kappa shape index (κ1) is 17.9. The molecule has 1 unspecified atom stereocenters. The number of carbonyl (C=O) groups is 2. The predicted octanol–water partition coefficient (Wildman–Crippen LogP) is 0.934. The SMILES string of the molecule is CCN(CC(=O)N(C)C)C(=O)C(CN)CC(C)(C)C. The molecule has 0 spiro atoms. The lowest BCUT2D eigenvalue weighted by molar-refractivity contribution is -0.142. The van der Waals surface area contributed by atoms with Gasteiger partial charge < -0.3 is 15.5 Å². The molecule has 1 atom stereocenters. The van der Waals surface area contributed by atoms with Gasteiger partial charge in [0.25, 0.3) is 0 Å². The van der Waals surface area contributed by atoms with Crippen LogP contribution in [0.2, 0.25) is 0 Å². The summed E-state index contributed by atoms with van der Waals surface area (Å²) in [7, 11) is 3.38. The normalized spacial score (nSPS) is 13.0. The molecular formula is C14H29N3O2. The van der Waals surface area contributed by atoms with Crippen LogP contribution in [-0.4, -0.2) is 55.3 Å². The van der Waals surface area contributed by atoms with Gasteiger partial charge in [-0.05, 0) is 18.8 Å². The highest BCUT2D eigenvalue weighted by molar-refractivity contribution is 5.85. The van der Waals surface area contributed by atoms with Gasteiger partial charge in [0.05, 0.1) is 12.5 Å². The number of hydrogen-bond donors (Lipinski definition) is 1. The number of likely N-dealkylation sites (N-methyl/N-ethyl adjacent to an activating group) is 2. The van der Waals surface area contributed by atoms with Crippen LogP contribution in [0, 0.1) is 11.3 Å². The smallest absolute Gasteiger partial charge is 0.241 e. The number of rotatable bonds is 6. The molecule has 0 heterocycles. The Morgan fingerprint density at radius 3 is 2.05 bits per heavy atom. The minimum atomic E-state index is -0.213. The average molecular weight is 271 g/mol. The van der Waals surface area contributed by atoms with Gasteiger partial charge in [0.15, 0.2) is 0 Å². The molecule has 2 N–H and O–H groups in total. The van der Waals surface area contributed by atoms with Crippen molar-refractivity contribution < 1.29 is 9.59 Å². The lowest BCUT2D eigenvalue weighted by Crippen LogP contribution is -2.45. The zero-order valence-corrected chi connectivity index (χ0v) is 13.2. The summed E-state index contributed by atoms with van der Waals surface area (Å²) in [6.07, 6.45) is 0.731. The fourth-order valence-electron chi connectivity index (χ4n) is 1.92. The van der Waals surface area contributed by atoms with Gasteiger partial charge >= 0.3 is 0 Å². The highest BCUT2D eigenvalue weighted by Crippen LogP contribution is 2.25. The third kappa shape index (κ3) is 6.57. The molecule has 0 aliphatic carbocycles. The maximum atomic E-state index is 12.4. The number of hydrogen-bond acceptors (Lipinski definition) is 3. The fourth-order valence-corrected chi connectivity index (χ4v) is 1.92. The van der Waals surface area contributed by atoms with E-state index in [1.54, 1.807) is 19.0 Å².